The second kappa shape index (κ2) is 9.82. The molecule has 1 saturated heterocycles. The van der Waals surface area contributed by atoms with Gasteiger partial charge in [0.05, 0.1) is 5.51 Å². The van der Waals surface area contributed by atoms with E-state index in [4.69, 9.17) is 15.2 Å². The summed E-state index contributed by atoms with van der Waals surface area (Å²) in [6, 6.07) is 19.4. The normalized spacial score (nSPS) is 19.9. The van der Waals surface area contributed by atoms with Gasteiger partial charge in [-0.05, 0) is 17.5 Å². The van der Waals surface area contributed by atoms with Crippen LogP contribution in [0, 0.1) is 0 Å². The number of cyclic esters (lactones) is 1. The summed E-state index contributed by atoms with van der Waals surface area (Å²) in [5.41, 5.74) is 8.15. The average Bonchev–Trinajstić information content (AvgIpc) is 3.27. The molecule has 0 aliphatic carbocycles. The third-order valence-corrected chi connectivity index (χ3v) is 6.37. The Balaban J connectivity index is 1.67. The highest BCUT2D eigenvalue weighted by Gasteiger charge is 2.48. The number of amides is 2. The lowest BCUT2D eigenvalue weighted by Gasteiger charge is -2.42. The second-order valence-electron chi connectivity index (χ2n) is 7.95. The number of nitrogens with zero attached hydrogens (tertiary/aromatic N) is 1. The van der Waals surface area contributed by atoms with Crippen molar-refractivity contribution < 1.29 is 19.1 Å². The SMILES string of the molecule is NC(=O)OC(Cc1ccccc1)(Cc1cncs1)[C@@H]1C[C@H](Cc2ccccc2)NC(=O)O1. The standard InChI is InChI=1S/C24H25N3O4S/c25-22(28)31-24(14-20-15-26-16-32-20,13-18-9-5-2-6-10-18)21-12-19(27-23(29)30-21)11-17-7-3-1-4-8-17/h1-10,15-16,19,21H,11-14H2,(H2,25,28)(H,27,29)/t19-,21-,24?/m0/s1. The molecule has 8 heteroatoms. The van der Waals surface area contributed by atoms with Crippen molar-refractivity contribution in [2.75, 3.05) is 0 Å². The summed E-state index contributed by atoms with van der Waals surface area (Å²) in [5, 5.41) is 2.90. The van der Waals surface area contributed by atoms with E-state index in [9.17, 15) is 9.59 Å². The van der Waals surface area contributed by atoms with Crippen molar-refractivity contribution in [3.05, 3.63) is 88.4 Å². The lowest BCUT2D eigenvalue weighted by atomic mass is 9.81. The number of alkyl carbamates (subject to hydrolysis) is 1. The van der Waals surface area contributed by atoms with Crippen molar-refractivity contribution in [3.63, 3.8) is 0 Å². The van der Waals surface area contributed by atoms with E-state index in [1.807, 2.05) is 60.7 Å². The minimum Gasteiger partial charge on any atom is -0.442 e. The number of hydrogen-bond acceptors (Lipinski definition) is 6. The molecule has 0 saturated carbocycles. The Bertz CT molecular complexity index is 1030. The van der Waals surface area contributed by atoms with Gasteiger partial charge >= 0.3 is 12.2 Å². The van der Waals surface area contributed by atoms with E-state index >= 15 is 0 Å². The Labute approximate surface area is 190 Å². The fraction of sp³-hybridized carbons (Fsp3) is 0.292. The van der Waals surface area contributed by atoms with Crippen LogP contribution in [0.5, 0.6) is 0 Å². The van der Waals surface area contributed by atoms with Gasteiger partial charge in [-0.1, -0.05) is 60.7 Å². The number of carbonyl (C=O) groups is 2. The van der Waals surface area contributed by atoms with Gasteiger partial charge in [-0.3, -0.25) is 4.98 Å². The average molecular weight is 452 g/mol. The van der Waals surface area contributed by atoms with Crippen molar-refractivity contribution in [1.29, 1.82) is 0 Å². The van der Waals surface area contributed by atoms with Crippen molar-refractivity contribution >= 4 is 23.5 Å². The van der Waals surface area contributed by atoms with Crippen LogP contribution < -0.4 is 11.1 Å². The van der Waals surface area contributed by atoms with Gasteiger partial charge in [0.25, 0.3) is 0 Å². The van der Waals surface area contributed by atoms with Gasteiger partial charge in [-0.25, -0.2) is 9.59 Å². The zero-order valence-electron chi connectivity index (χ0n) is 17.5. The molecule has 3 N–H and O–H groups in total. The maximum Gasteiger partial charge on any atom is 0.407 e. The van der Waals surface area contributed by atoms with Crippen LogP contribution in [0.3, 0.4) is 0 Å². The van der Waals surface area contributed by atoms with Gasteiger partial charge in [-0.15, -0.1) is 11.3 Å². The molecule has 0 spiro atoms. The molecular weight excluding hydrogens is 426 g/mol. The number of primary amides is 1. The number of ether oxygens (including phenoxy) is 2. The summed E-state index contributed by atoms with van der Waals surface area (Å²) in [5.74, 6) is 0. The molecule has 32 heavy (non-hydrogen) atoms. The highest BCUT2D eigenvalue weighted by Crippen LogP contribution is 2.34. The quantitative estimate of drug-likeness (QED) is 0.541. The maximum atomic E-state index is 12.5. The summed E-state index contributed by atoms with van der Waals surface area (Å²) in [7, 11) is 0. The summed E-state index contributed by atoms with van der Waals surface area (Å²) in [6.45, 7) is 0. The van der Waals surface area contributed by atoms with Crippen molar-refractivity contribution in [2.45, 2.75) is 43.4 Å². The Morgan fingerprint density at radius 3 is 2.44 bits per heavy atom. The Kier molecular flexibility index (Phi) is 6.70. The molecule has 1 unspecified atom stereocenters. The number of nitrogens with two attached hydrogens (primary N) is 1. The highest BCUT2D eigenvalue weighted by molar-refractivity contribution is 7.09. The lowest BCUT2D eigenvalue weighted by Crippen LogP contribution is -2.59. The molecule has 4 rings (SSSR count). The third kappa shape index (κ3) is 5.45. The minimum atomic E-state index is -1.16. The van der Waals surface area contributed by atoms with E-state index < -0.39 is 23.9 Å². The van der Waals surface area contributed by atoms with Crippen LogP contribution in [0.25, 0.3) is 0 Å². The molecular formula is C24H25N3O4S. The highest BCUT2D eigenvalue weighted by atomic mass is 32.1. The van der Waals surface area contributed by atoms with E-state index in [-0.39, 0.29) is 6.04 Å². The predicted octanol–water partition coefficient (Wildman–Crippen LogP) is 3.87. The summed E-state index contributed by atoms with van der Waals surface area (Å²) < 4.78 is 11.6. The van der Waals surface area contributed by atoms with Crippen LogP contribution in [0.15, 0.2) is 72.4 Å². The van der Waals surface area contributed by atoms with Gasteiger partial charge in [0.1, 0.15) is 6.10 Å². The molecule has 1 aromatic heterocycles. The van der Waals surface area contributed by atoms with Crippen LogP contribution >= 0.6 is 11.3 Å². The number of rotatable bonds is 8. The zero-order valence-corrected chi connectivity index (χ0v) is 18.3. The van der Waals surface area contributed by atoms with E-state index in [0.29, 0.717) is 25.7 Å². The van der Waals surface area contributed by atoms with Gasteiger partial charge in [0, 0.05) is 36.4 Å². The smallest absolute Gasteiger partial charge is 0.407 e. The predicted molar refractivity (Wildman–Crippen MR) is 121 cm³/mol. The Morgan fingerprint density at radius 1 is 1.12 bits per heavy atom. The fourth-order valence-electron chi connectivity index (χ4n) is 4.24. The van der Waals surface area contributed by atoms with Gasteiger partial charge in [0.2, 0.25) is 0 Å². The monoisotopic (exact) mass is 451 g/mol. The first-order valence-electron chi connectivity index (χ1n) is 10.4. The molecule has 0 bridgehead atoms. The van der Waals surface area contributed by atoms with Crippen LogP contribution in [0.1, 0.15) is 22.4 Å². The molecule has 1 fully saturated rings. The first kappa shape index (κ1) is 21.8. The largest absolute Gasteiger partial charge is 0.442 e. The van der Waals surface area contributed by atoms with Crippen molar-refractivity contribution in [2.24, 2.45) is 5.73 Å². The topological polar surface area (TPSA) is 104 Å². The molecule has 2 aromatic carbocycles. The van der Waals surface area contributed by atoms with Gasteiger partial charge in [-0.2, -0.15) is 0 Å². The lowest BCUT2D eigenvalue weighted by molar-refractivity contribution is -0.0984. The van der Waals surface area contributed by atoms with Crippen LogP contribution in [0.4, 0.5) is 9.59 Å². The minimum absolute atomic E-state index is 0.170. The molecule has 1 aliphatic rings. The molecule has 3 atom stereocenters. The summed E-state index contributed by atoms with van der Waals surface area (Å²) in [4.78, 5) is 29.7. The molecule has 0 radical (unpaired) electrons. The number of aromatic nitrogens is 1. The molecule has 2 amide bonds. The first-order valence-corrected chi connectivity index (χ1v) is 11.3. The third-order valence-electron chi connectivity index (χ3n) is 5.59. The van der Waals surface area contributed by atoms with Gasteiger partial charge in [0.15, 0.2) is 5.60 Å². The van der Waals surface area contributed by atoms with E-state index in [0.717, 1.165) is 16.0 Å². The number of thiazole rings is 1. The Hall–Kier alpha value is -3.39. The van der Waals surface area contributed by atoms with Crippen LogP contribution in [0.2, 0.25) is 0 Å². The zero-order chi connectivity index (χ0) is 22.4. The summed E-state index contributed by atoms with van der Waals surface area (Å²) >= 11 is 1.46. The van der Waals surface area contributed by atoms with E-state index in [1.54, 1.807) is 11.7 Å². The maximum absolute atomic E-state index is 12.5. The van der Waals surface area contributed by atoms with E-state index in [1.165, 1.54) is 11.3 Å². The molecule has 1 aliphatic heterocycles. The number of carbonyl (C=O) groups excluding carboxylic acids is 2. The van der Waals surface area contributed by atoms with Crippen molar-refractivity contribution in [3.8, 4) is 0 Å². The van der Waals surface area contributed by atoms with Crippen molar-refractivity contribution in [1.82, 2.24) is 10.3 Å². The number of nitrogens with one attached hydrogen (secondary N) is 1. The Morgan fingerprint density at radius 2 is 1.81 bits per heavy atom. The van der Waals surface area contributed by atoms with Gasteiger partial charge < -0.3 is 20.5 Å². The molecule has 166 valence electrons. The molecule has 2 heterocycles. The molecule has 3 aromatic rings. The number of benzene rings is 2. The second-order valence-corrected chi connectivity index (χ2v) is 8.92. The number of hydrogen-bond donors (Lipinski definition) is 2. The fourth-order valence-corrected chi connectivity index (χ4v) is 4.95. The van der Waals surface area contributed by atoms with Crippen LogP contribution in [-0.4, -0.2) is 34.9 Å². The summed E-state index contributed by atoms with van der Waals surface area (Å²) in [6.07, 6.45) is 1.43. The first-order chi connectivity index (χ1) is 15.5. The molecule has 7 nitrogen and oxygen atoms in total. The van der Waals surface area contributed by atoms with Crippen LogP contribution in [-0.2, 0) is 28.7 Å². The van der Waals surface area contributed by atoms with E-state index in [2.05, 4.69) is 10.3 Å².